The molecule has 0 aromatic heterocycles. The molecule has 2 rings (SSSR count). The third-order valence-corrected chi connectivity index (χ3v) is 4.08. The molecule has 3 nitrogen and oxygen atoms in total. The molecule has 0 radical (unpaired) electrons. The molecule has 120 valence electrons. The van der Waals surface area contributed by atoms with Crippen LogP contribution in [0.5, 0.6) is 0 Å². The zero-order valence-electron chi connectivity index (χ0n) is 13.7. The third kappa shape index (κ3) is 4.89. The summed E-state index contributed by atoms with van der Waals surface area (Å²) >= 11 is 5.33. The predicted molar refractivity (Wildman–Crippen MR) is 101 cm³/mol. The van der Waals surface area contributed by atoms with Crippen LogP contribution in [0.2, 0.25) is 0 Å². The van der Waals surface area contributed by atoms with Gasteiger partial charge < -0.3 is 10.6 Å². The molecule has 0 fully saturated rings. The Balaban J connectivity index is 1.99. The molecule has 0 saturated heterocycles. The van der Waals surface area contributed by atoms with Crippen LogP contribution in [0.1, 0.15) is 49.0 Å². The van der Waals surface area contributed by atoms with Gasteiger partial charge in [0.1, 0.15) is 0 Å². The van der Waals surface area contributed by atoms with Crippen molar-refractivity contribution < 1.29 is 4.79 Å². The van der Waals surface area contributed by atoms with Gasteiger partial charge in [0.05, 0.1) is 0 Å². The summed E-state index contributed by atoms with van der Waals surface area (Å²) in [5.41, 5.74) is 3.73. The highest BCUT2D eigenvalue weighted by atomic mass is 32.1. The largest absolute Gasteiger partial charge is 0.332 e. The Morgan fingerprint density at radius 1 is 1.09 bits per heavy atom. The lowest BCUT2D eigenvalue weighted by molar-refractivity contribution is 0.101. The van der Waals surface area contributed by atoms with Crippen LogP contribution >= 0.6 is 12.2 Å². The smallest absolute Gasteiger partial charge is 0.175 e. The monoisotopic (exact) mass is 326 g/mol. The molecule has 0 heterocycles. The molecule has 0 spiro atoms. The fraction of sp³-hybridized carbons (Fsp3) is 0.263. The van der Waals surface area contributed by atoms with Gasteiger partial charge in [0.15, 0.2) is 10.9 Å². The van der Waals surface area contributed by atoms with Crippen molar-refractivity contribution in [2.75, 3.05) is 10.6 Å². The molecular weight excluding hydrogens is 304 g/mol. The molecule has 0 aliphatic carbocycles. The van der Waals surface area contributed by atoms with Gasteiger partial charge in [-0.25, -0.2) is 0 Å². The van der Waals surface area contributed by atoms with E-state index in [4.69, 9.17) is 12.2 Å². The lowest BCUT2D eigenvalue weighted by Gasteiger charge is -2.13. The van der Waals surface area contributed by atoms with Crippen LogP contribution < -0.4 is 10.6 Å². The van der Waals surface area contributed by atoms with Crippen LogP contribution in [0.3, 0.4) is 0 Å². The van der Waals surface area contributed by atoms with Crippen molar-refractivity contribution in [2.24, 2.45) is 0 Å². The number of nitrogens with one attached hydrogen (secondary N) is 2. The Labute approximate surface area is 143 Å². The van der Waals surface area contributed by atoms with Gasteiger partial charge in [-0.1, -0.05) is 38.1 Å². The van der Waals surface area contributed by atoms with E-state index in [9.17, 15) is 4.79 Å². The molecule has 2 aromatic rings. The molecule has 4 heteroatoms. The second kappa shape index (κ2) is 7.88. The van der Waals surface area contributed by atoms with Gasteiger partial charge in [0.25, 0.3) is 0 Å². The number of carbonyl (C=O) groups excluding carboxylic acids is 1. The molecule has 0 aliphatic rings. The first-order chi connectivity index (χ1) is 11.0. The van der Waals surface area contributed by atoms with E-state index in [0.29, 0.717) is 16.6 Å². The highest BCUT2D eigenvalue weighted by molar-refractivity contribution is 7.80. The topological polar surface area (TPSA) is 41.1 Å². The van der Waals surface area contributed by atoms with E-state index < -0.39 is 0 Å². The van der Waals surface area contributed by atoms with Crippen molar-refractivity contribution in [1.29, 1.82) is 0 Å². The Kier molecular flexibility index (Phi) is 5.88. The molecule has 0 amide bonds. The first-order valence-electron chi connectivity index (χ1n) is 7.78. The summed E-state index contributed by atoms with van der Waals surface area (Å²) in [6.07, 6.45) is 1.12. The van der Waals surface area contributed by atoms with Crippen molar-refractivity contribution in [2.45, 2.75) is 33.1 Å². The number of benzene rings is 2. The van der Waals surface area contributed by atoms with Crippen molar-refractivity contribution >= 4 is 34.5 Å². The van der Waals surface area contributed by atoms with Crippen molar-refractivity contribution in [3.8, 4) is 0 Å². The highest BCUT2D eigenvalue weighted by Crippen LogP contribution is 2.20. The van der Waals surface area contributed by atoms with Crippen molar-refractivity contribution in [1.82, 2.24) is 0 Å². The van der Waals surface area contributed by atoms with Gasteiger partial charge in [0.2, 0.25) is 0 Å². The predicted octanol–water partition coefficient (Wildman–Crippen LogP) is 5.21. The average molecular weight is 326 g/mol. The quantitative estimate of drug-likeness (QED) is 0.584. The van der Waals surface area contributed by atoms with Crippen LogP contribution in [-0.4, -0.2) is 10.9 Å². The number of rotatable bonds is 5. The number of Topliss-reactive ketones (excluding diaryl/α,β-unsaturated/α-hetero) is 1. The molecule has 0 bridgehead atoms. The standard InChI is InChI=1S/C19H22N2OS/c1-4-13(2)15-8-10-17(11-9-15)20-19(23)21-18-7-5-6-16(12-18)14(3)22/h5-13H,4H2,1-3H3,(H2,20,21,23)/t13-/m0/s1. The SMILES string of the molecule is CC[C@H](C)c1ccc(NC(=S)Nc2cccc(C(C)=O)c2)cc1. The molecule has 0 saturated carbocycles. The summed E-state index contributed by atoms with van der Waals surface area (Å²) in [5, 5.41) is 6.76. The molecule has 0 unspecified atom stereocenters. The van der Waals surface area contributed by atoms with Crippen LogP contribution in [-0.2, 0) is 0 Å². The van der Waals surface area contributed by atoms with Gasteiger partial charge in [-0.15, -0.1) is 0 Å². The Hall–Kier alpha value is -2.20. The van der Waals surface area contributed by atoms with E-state index in [1.807, 2.05) is 24.3 Å². The van der Waals surface area contributed by atoms with Gasteiger partial charge in [-0.2, -0.15) is 0 Å². The molecule has 23 heavy (non-hydrogen) atoms. The number of anilines is 2. The fourth-order valence-electron chi connectivity index (χ4n) is 2.24. The summed E-state index contributed by atoms with van der Waals surface area (Å²) in [6, 6.07) is 15.6. The maximum Gasteiger partial charge on any atom is 0.175 e. The van der Waals surface area contributed by atoms with Gasteiger partial charge in [0, 0.05) is 16.9 Å². The van der Waals surface area contributed by atoms with Crippen LogP contribution in [0, 0.1) is 0 Å². The Morgan fingerprint density at radius 3 is 2.35 bits per heavy atom. The number of thiocarbonyl (C=S) groups is 1. The maximum atomic E-state index is 11.4. The maximum absolute atomic E-state index is 11.4. The van der Waals surface area contributed by atoms with Crippen molar-refractivity contribution in [3.63, 3.8) is 0 Å². The van der Waals surface area contributed by atoms with Gasteiger partial charge in [-0.05, 0) is 61.3 Å². The Bertz CT molecular complexity index is 695. The van der Waals surface area contributed by atoms with Crippen LogP contribution in [0.25, 0.3) is 0 Å². The summed E-state index contributed by atoms with van der Waals surface area (Å²) in [5.74, 6) is 0.594. The second-order valence-electron chi connectivity index (χ2n) is 5.65. The van der Waals surface area contributed by atoms with Crippen LogP contribution in [0.4, 0.5) is 11.4 Å². The van der Waals surface area contributed by atoms with Gasteiger partial charge in [-0.3, -0.25) is 4.79 Å². The zero-order chi connectivity index (χ0) is 16.8. The van der Waals surface area contributed by atoms with E-state index in [1.54, 1.807) is 19.1 Å². The summed E-state index contributed by atoms with van der Waals surface area (Å²) in [4.78, 5) is 11.4. The fourth-order valence-corrected chi connectivity index (χ4v) is 2.48. The molecule has 0 aliphatic heterocycles. The van der Waals surface area contributed by atoms with Crippen molar-refractivity contribution in [3.05, 3.63) is 59.7 Å². The third-order valence-electron chi connectivity index (χ3n) is 3.88. The molecule has 2 aromatic carbocycles. The van der Waals surface area contributed by atoms with E-state index in [0.717, 1.165) is 17.8 Å². The number of hydrogen-bond acceptors (Lipinski definition) is 2. The molecule has 2 N–H and O–H groups in total. The second-order valence-corrected chi connectivity index (χ2v) is 6.06. The van der Waals surface area contributed by atoms with Crippen LogP contribution in [0.15, 0.2) is 48.5 Å². The van der Waals surface area contributed by atoms with E-state index in [1.165, 1.54) is 5.56 Å². The minimum atomic E-state index is 0.0353. The summed E-state index contributed by atoms with van der Waals surface area (Å²) < 4.78 is 0. The summed E-state index contributed by atoms with van der Waals surface area (Å²) in [6.45, 7) is 5.95. The lowest BCUT2D eigenvalue weighted by Crippen LogP contribution is -2.19. The first-order valence-corrected chi connectivity index (χ1v) is 8.19. The minimum Gasteiger partial charge on any atom is -0.332 e. The zero-order valence-corrected chi connectivity index (χ0v) is 14.5. The van der Waals surface area contributed by atoms with Gasteiger partial charge >= 0.3 is 0 Å². The average Bonchev–Trinajstić information content (AvgIpc) is 2.55. The van der Waals surface area contributed by atoms with E-state index >= 15 is 0 Å². The lowest BCUT2D eigenvalue weighted by atomic mass is 9.99. The first kappa shape index (κ1) is 17.2. The number of hydrogen-bond donors (Lipinski definition) is 2. The Morgan fingerprint density at radius 2 is 1.74 bits per heavy atom. The molecular formula is C19H22N2OS. The molecule has 1 atom stereocenters. The minimum absolute atomic E-state index is 0.0353. The number of carbonyl (C=O) groups is 1. The normalized spacial score (nSPS) is 11.6. The number of ketones is 1. The van der Waals surface area contributed by atoms with E-state index in [2.05, 4.69) is 36.6 Å². The summed E-state index contributed by atoms with van der Waals surface area (Å²) in [7, 11) is 0. The van der Waals surface area contributed by atoms with E-state index in [-0.39, 0.29) is 5.78 Å². The highest BCUT2D eigenvalue weighted by Gasteiger charge is 2.05.